The maximum absolute atomic E-state index is 11.3. The molecule has 0 radical (unpaired) electrons. The number of hydrogen-bond donors (Lipinski definition) is 1. The van der Waals surface area contributed by atoms with E-state index in [0.717, 1.165) is 5.69 Å². The van der Waals surface area contributed by atoms with Crippen molar-refractivity contribution in [3.05, 3.63) is 46.9 Å². The molecule has 5 nitrogen and oxygen atoms in total. The third-order valence-corrected chi connectivity index (χ3v) is 3.04. The molecule has 0 saturated heterocycles. The monoisotopic (exact) mass is 309 g/mol. The van der Waals surface area contributed by atoms with Gasteiger partial charge >= 0.3 is 5.97 Å². The normalized spacial score (nSPS) is 10.2. The van der Waals surface area contributed by atoms with Crippen LogP contribution in [0.15, 0.2) is 34.7 Å². The molecule has 0 aliphatic heterocycles. The van der Waals surface area contributed by atoms with Gasteiger partial charge in [0.05, 0.1) is 25.3 Å². The van der Waals surface area contributed by atoms with Crippen LogP contribution in [0.3, 0.4) is 0 Å². The average Bonchev–Trinajstić information content (AvgIpc) is 2.96. The Morgan fingerprint density at radius 1 is 1.33 bits per heavy atom. The maximum atomic E-state index is 11.3. The first-order chi connectivity index (χ1) is 10.1. The van der Waals surface area contributed by atoms with Gasteiger partial charge in [-0.25, -0.2) is 4.79 Å². The van der Waals surface area contributed by atoms with Crippen LogP contribution in [0.25, 0.3) is 0 Å². The van der Waals surface area contributed by atoms with Crippen LogP contribution in [0.1, 0.15) is 23.2 Å². The first-order valence-corrected chi connectivity index (χ1v) is 6.85. The Balaban J connectivity index is 1.98. The fourth-order valence-corrected chi connectivity index (χ4v) is 1.99. The number of nitrogens with one attached hydrogen (secondary N) is 1. The van der Waals surface area contributed by atoms with E-state index in [2.05, 4.69) is 10.1 Å². The molecule has 1 aromatic heterocycles. The zero-order valence-electron chi connectivity index (χ0n) is 11.8. The van der Waals surface area contributed by atoms with Crippen LogP contribution in [0.2, 0.25) is 5.02 Å². The number of esters is 1. The average molecular weight is 310 g/mol. The second-order valence-electron chi connectivity index (χ2n) is 4.19. The Morgan fingerprint density at radius 3 is 2.81 bits per heavy atom. The molecule has 6 heteroatoms. The van der Waals surface area contributed by atoms with Gasteiger partial charge in [0.2, 0.25) is 5.76 Å². The highest BCUT2D eigenvalue weighted by Gasteiger charge is 2.11. The number of ether oxygens (including phenoxy) is 2. The van der Waals surface area contributed by atoms with Crippen LogP contribution in [0.4, 0.5) is 5.69 Å². The van der Waals surface area contributed by atoms with E-state index in [1.807, 2.05) is 13.0 Å². The number of methoxy groups -OCH3 is 1. The van der Waals surface area contributed by atoms with E-state index >= 15 is 0 Å². The van der Waals surface area contributed by atoms with Gasteiger partial charge in [0.25, 0.3) is 0 Å². The summed E-state index contributed by atoms with van der Waals surface area (Å²) in [5, 5.41) is 3.69. The van der Waals surface area contributed by atoms with E-state index in [1.54, 1.807) is 24.3 Å². The lowest BCUT2D eigenvalue weighted by Gasteiger charge is -2.09. The molecule has 0 aliphatic carbocycles. The number of carbonyl (C=O) groups is 1. The van der Waals surface area contributed by atoms with Crippen molar-refractivity contribution in [2.24, 2.45) is 0 Å². The highest BCUT2D eigenvalue weighted by Crippen LogP contribution is 2.27. The van der Waals surface area contributed by atoms with E-state index < -0.39 is 5.97 Å². The standard InChI is InChI=1S/C15H16ClNO4/c1-3-20-13-6-4-10(8-12(13)16)17-9-11-5-7-14(21-11)15(18)19-2/h4-8,17H,3,9H2,1-2H3. The smallest absolute Gasteiger partial charge is 0.373 e. The lowest BCUT2D eigenvalue weighted by Crippen LogP contribution is -2.00. The van der Waals surface area contributed by atoms with Crippen molar-refractivity contribution in [2.45, 2.75) is 13.5 Å². The molecule has 1 N–H and O–H groups in total. The van der Waals surface area contributed by atoms with Crippen LogP contribution in [0.5, 0.6) is 5.75 Å². The van der Waals surface area contributed by atoms with E-state index in [-0.39, 0.29) is 5.76 Å². The van der Waals surface area contributed by atoms with Gasteiger partial charge in [-0.2, -0.15) is 0 Å². The van der Waals surface area contributed by atoms with Crippen LogP contribution < -0.4 is 10.1 Å². The molecule has 0 atom stereocenters. The number of carbonyl (C=O) groups excluding carboxylic acids is 1. The van der Waals surface area contributed by atoms with E-state index in [4.69, 9.17) is 20.8 Å². The maximum Gasteiger partial charge on any atom is 0.373 e. The second kappa shape index (κ2) is 7.04. The molecule has 112 valence electrons. The highest BCUT2D eigenvalue weighted by atomic mass is 35.5. The third-order valence-electron chi connectivity index (χ3n) is 2.75. The van der Waals surface area contributed by atoms with Crippen LogP contribution in [-0.2, 0) is 11.3 Å². The number of anilines is 1. The number of hydrogen-bond acceptors (Lipinski definition) is 5. The zero-order chi connectivity index (χ0) is 15.2. The summed E-state index contributed by atoms with van der Waals surface area (Å²) < 4.78 is 15.3. The predicted octanol–water partition coefficient (Wildman–Crippen LogP) is 3.73. The molecular weight excluding hydrogens is 294 g/mol. The quantitative estimate of drug-likeness (QED) is 0.824. The van der Waals surface area contributed by atoms with E-state index in [9.17, 15) is 4.79 Å². The van der Waals surface area contributed by atoms with Crippen LogP contribution >= 0.6 is 11.6 Å². The van der Waals surface area contributed by atoms with Crippen LogP contribution in [-0.4, -0.2) is 19.7 Å². The van der Waals surface area contributed by atoms with Crippen LogP contribution in [0, 0.1) is 0 Å². The molecule has 21 heavy (non-hydrogen) atoms. The van der Waals surface area contributed by atoms with Crippen molar-refractivity contribution in [1.82, 2.24) is 0 Å². The van der Waals surface area contributed by atoms with Crippen molar-refractivity contribution in [3.63, 3.8) is 0 Å². The third kappa shape index (κ3) is 3.92. The Hall–Kier alpha value is -2.14. The first-order valence-electron chi connectivity index (χ1n) is 6.47. The zero-order valence-corrected chi connectivity index (χ0v) is 12.6. The summed E-state index contributed by atoms with van der Waals surface area (Å²) in [6.45, 7) is 2.90. The molecule has 1 heterocycles. The lowest BCUT2D eigenvalue weighted by atomic mass is 10.3. The molecule has 1 aromatic carbocycles. The molecule has 2 rings (SSSR count). The second-order valence-corrected chi connectivity index (χ2v) is 4.60. The summed E-state index contributed by atoms with van der Waals surface area (Å²) in [6.07, 6.45) is 0. The summed E-state index contributed by atoms with van der Waals surface area (Å²) in [7, 11) is 1.31. The summed E-state index contributed by atoms with van der Waals surface area (Å²) in [4.78, 5) is 11.3. The molecular formula is C15H16ClNO4. The van der Waals surface area contributed by atoms with Crippen molar-refractivity contribution >= 4 is 23.3 Å². The summed E-state index contributed by atoms with van der Waals surface area (Å²) in [5.41, 5.74) is 0.833. The molecule has 0 aliphatic rings. The van der Waals surface area contributed by atoms with Gasteiger partial charge < -0.3 is 19.2 Å². The molecule has 0 spiro atoms. The fraction of sp³-hybridized carbons (Fsp3) is 0.267. The van der Waals surface area contributed by atoms with Gasteiger partial charge in [0.1, 0.15) is 11.5 Å². The Morgan fingerprint density at radius 2 is 2.14 bits per heavy atom. The number of halogens is 1. The molecule has 0 bridgehead atoms. The van der Waals surface area contributed by atoms with Crippen molar-refractivity contribution in [1.29, 1.82) is 0 Å². The van der Waals surface area contributed by atoms with Crippen molar-refractivity contribution < 1.29 is 18.7 Å². The summed E-state index contributed by atoms with van der Waals surface area (Å²) in [5.74, 6) is 0.959. The largest absolute Gasteiger partial charge is 0.492 e. The summed E-state index contributed by atoms with van der Waals surface area (Å²) in [6, 6.07) is 8.73. The van der Waals surface area contributed by atoms with Gasteiger partial charge in [-0.3, -0.25) is 0 Å². The summed E-state index contributed by atoms with van der Waals surface area (Å²) >= 11 is 6.10. The van der Waals surface area contributed by atoms with Gasteiger partial charge in [-0.15, -0.1) is 0 Å². The molecule has 0 amide bonds. The Labute approximate surface area is 127 Å². The Kier molecular flexibility index (Phi) is 5.11. The number of furan rings is 1. The molecule has 0 unspecified atom stereocenters. The van der Waals surface area contributed by atoms with Crippen molar-refractivity contribution in [3.8, 4) is 5.75 Å². The first kappa shape index (κ1) is 15.3. The van der Waals surface area contributed by atoms with Gasteiger partial charge in [-0.05, 0) is 37.3 Å². The minimum absolute atomic E-state index is 0.180. The molecule has 0 fully saturated rings. The van der Waals surface area contributed by atoms with E-state index in [0.29, 0.717) is 29.7 Å². The van der Waals surface area contributed by atoms with Gasteiger partial charge in [-0.1, -0.05) is 11.6 Å². The minimum Gasteiger partial charge on any atom is -0.492 e. The van der Waals surface area contributed by atoms with E-state index in [1.165, 1.54) is 7.11 Å². The predicted molar refractivity (Wildman–Crippen MR) is 80.0 cm³/mol. The van der Waals surface area contributed by atoms with Gasteiger partial charge in [0, 0.05) is 5.69 Å². The number of rotatable bonds is 6. The lowest BCUT2D eigenvalue weighted by molar-refractivity contribution is 0.0563. The van der Waals surface area contributed by atoms with Crippen molar-refractivity contribution in [2.75, 3.05) is 19.0 Å². The fourth-order valence-electron chi connectivity index (χ4n) is 1.76. The Bertz CT molecular complexity index is 624. The van der Waals surface area contributed by atoms with Gasteiger partial charge in [0.15, 0.2) is 0 Å². The number of benzene rings is 1. The molecule has 2 aromatic rings. The highest BCUT2D eigenvalue weighted by molar-refractivity contribution is 6.32. The topological polar surface area (TPSA) is 60.7 Å². The molecule has 0 saturated carbocycles. The minimum atomic E-state index is -0.495. The SMILES string of the molecule is CCOc1ccc(NCc2ccc(C(=O)OC)o2)cc1Cl.